The number of rotatable bonds is 8. The topological polar surface area (TPSA) is 76.6 Å². The fourth-order valence-electron chi connectivity index (χ4n) is 4.03. The maximum atomic E-state index is 5.83. The molecule has 1 aromatic rings. The van der Waals surface area contributed by atoms with Gasteiger partial charge in [0.1, 0.15) is 5.75 Å². The Morgan fingerprint density at radius 3 is 2.29 bits per heavy atom. The zero-order chi connectivity index (χ0) is 21.2. The molecule has 9 heteroatoms. The fraction of sp³-hybridized carbons (Fsp3) is 0.682. The van der Waals surface area contributed by atoms with E-state index < -0.39 is 0 Å². The molecule has 0 aromatic heterocycles. The number of morpholine rings is 1. The van der Waals surface area contributed by atoms with Crippen molar-refractivity contribution in [2.24, 2.45) is 4.99 Å². The fourth-order valence-corrected chi connectivity index (χ4v) is 4.03. The number of methoxy groups -OCH3 is 2. The maximum Gasteiger partial charge on any atom is 0.191 e. The van der Waals surface area contributed by atoms with E-state index in [0.29, 0.717) is 6.54 Å². The number of nitrogens with zero attached hydrogens (tertiary/aromatic N) is 2. The summed E-state index contributed by atoms with van der Waals surface area (Å²) in [7, 11) is 5.27. The van der Waals surface area contributed by atoms with Crippen molar-refractivity contribution in [3.63, 3.8) is 0 Å². The van der Waals surface area contributed by atoms with Crippen LogP contribution in [0.1, 0.15) is 24.4 Å². The molecule has 176 valence electrons. The molecular formula is C22H37IN4O4. The highest BCUT2D eigenvalue weighted by atomic mass is 127. The molecule has 1 aromatic carbocycles. The summed E-state index contributed by atoms with van der Waals surface area (Å²) in [6, 6.07) is 8.53. The van der Waals surface area contributed by atoms with Gasteiger partial charge in [-0.25, -0.2) is 0 Å². The molecule has 1 unspecified atom stereocenters. The Morgan fingerprint density at radius 1 is 1.06 bits per heavy atom. The summed E-state index contributed by atoms with van der Waals surface area (Å²) in [6.45, 7) is 6.27. The predicted molar refractivity (Wildman–Crippen MR) is 133 cm³/mol. The zero-order valence-corrected chi connectivity index (χ0v) is 21.2. The molecule has 31 heavy (non-hydrogen) atoms. The average Bonchev–Trinajstić information content (AvgIpc) is 2.83. The van der Waals surface area contributed by atoms with Crippen molar-refractivity contribution in [2.75, 3.05) is 73.9 Å². The highest BCUT2D eigenvalue weighted by Crippen LogP contribution is 2.25. The predicted octanol–water partition coefficient (Wildman–Crippen LogP) is 2.05. The van der Waals surface area contributed by atoms with Gasteiger partial charge in [-0.1, -0.05) is 12.1 Å². The lowest BCUT2D eigenvalue weighted by molar-refractivity contribution is -0.0855. The summed E-state index contributed by atoms with van der Waals surface area (Å²) in [5.74, 6) is 1.65. The molecular weight excluding hydrogens is 511 g/mol. The second kappa shape index (κ2) is 13.4. The molecule has 2 heterocycles. The largest absolute Gasteiger partial charge is 0.497 e. The van der Waals surface area contributed by atoms with Gasteiger partial charge >= 0.3 is 0 Å². The number of hydrogen-bond acceptors (Lipinski definition) is 6. The Hall–Kier alpha value is -1.14. The number of nitrogens with one attached hydrogen (secondary N) is 2. The Balaban J connectivity index is 0.00000341. The van der Waals surface area contributed by atoms with Crippen molar-refractivity contribution >= 4 is 29.9 Å². The first kappa shape index (κ1) is 26.1. The minimum absolute atomic E-state index is 0. The second-order valence-corrected chi connectivity index (χ2v) is 7.74. The quantitative estimate of drug-likeness (QED) is 0.293. The summed E-state index contributed by atoms with van der Waals surface area (Å²) < 4.78 is 22.2. The number of hydrogen-bond donors (Lipinski definition) is 2. The number of halogens is 1. The smallest absolute Gasteiger partial charge is 0.191 e. The molecule has 8 nitrogen and oxygen atoms in total. The van der Waals surface area contributed by atoms with Crippen molar-refractivity contribution < 1.29 is 18.9 Å². The highest BCUT2D eigenvalue weighted by Gasteiger charge is 2.32. The van der Waals surface area contributed by atoms with Crippen molar-refractivity contribution in [1.29, 1.82) is 0 Å². The number of benzene rings is 1. The summed E-state index contributed by atoms with van der Waals surface area (Å²) in [6.07, 6.45) is 1.77. The van der Waals surface area contributed by atoms with Gasteiger partial charge < -0.3 is 29.6 Å². The number of aliphatic imine (C=N–C) groups is 1. The van der Waals surface area contributed by atoms with E-state index in [1.807, 2.05) is 12.1 Å². The third kappa shape index (κ3) is 7.45. The minimum atomic E-state index is -0.199. The van der Waals surface area contributed by atoms with Gasteiger partial charge in [0.05, 0.1) is 32.0 Å². The van der Waals surface area contributed by atoms with E-state index in [4.69, 9.17) is 18.9 Å². The van der Waals surface area contributed by atoms with Gasteiger partial charge in [-0.3, -0.25) is 9.89 Å². The molecule has 0 radical (unpaired) electrons. The van der Waals surface area contributed by atoms with Gasteiger partial charge in [0, 0.05) is 66.4 Å². The number of guanidine groups is 1. The molecule has 2 fully saturated rings. The molecule has 0 aliphatic carbocycles. The van der Waals surface area contributed by atoms with E-state index in [0.717, 1.165) is 70.6 Å². The van der Waals surface area contributed by atoms with E-state index in [2.05, 4.69) is 32.7 Å². The van der Waals surface area contributed by atoms with E-state index in [9.17, 15) is 0 Å². The first-order valence-electron chi connectivity index (χ1n) is 10.7. The standard InChI is InChI=1S/C22H36N4O4.HI/c1-23-21(25-17-22(28-3)8-12-29-13-9-22)24-16-20(26-10-14-30-15-11-26)18-4-6-19(27-2)7-5-18;/h4-7,20H,8-17H2,1-3H3,(H2,23,24,25);1H. The van der Waals surface area contributed by atoms with Crippen LogP contribution in [-0.2, 0) is 14.2 Å². The van der Waals surface area contributed by atoms with Crippen LogP contribution in [0.5, 0.6) is 5.75 Å². The third-order valence-corrected chi connectivity index (χ3v) is 6.09. The Morgan fingerprint density at radius 2 is 1.71 bits per heavy atom. The van der Waals surface area contributed by atoms with Crippen molar-refractivity contribution in [3.05, 3.63) is 29.8 Å². The summed E-state index contributed by atoms with van der Waals surface area (Å²) in [4.78, 5) is 6.88. The van der Waals surface area contributed by atoms with Crippen molar-refractivity contribution in [2.45, 2.75) is 24.5 Å². The Labute approximate surface area is 203 Å². The normalized spacial score (nSPS) is 20.4. The van der Waals surface area contributed by atoms with E-state index in [-0.39, 0.29) is 35.6 Å². The monoisotopic (exact) mass is 548 g/mol. The maximum absolute atomic E-state index is 5.83. The molecule has 0 bridgehead atoms. The summed E-state index contributed by atoms with van der Waals surface area (Å²) >= 11 is 0. The van der Waals surface area contributed by atoms with Crippen molar-refractivity contribution in [1.82, 2.24) is 15.5 Å². The van der Waals surface area contributed by atoms with Crippen LogP contribution >= 0.6 is 24.0 Å². The number of ether oxygens (including phenoxy) is 4. The van der Waals surface area contributed by atoms with Gasteiger partial charge in [0.2, 0.25) is 0 Å². The Bertz CT molecular complexity index is 662. The molecule has 2 aliphatic rings. The van der Waals surface area contributed by atoms with Crippen LogP contribution < -0.4 is 15.4 Å². The zero-order valence-electron chi connectivity index (χ0n) is 18.9. The van der Waals surface area contributed by atoms with Crippen LogP contribution in [0.4, 0.5) is 0 Å². The second-order valence-electron chi connectivity index (χ2n) is 7.74. The van der Waals surface area contributed by atoms with Crippen LogP contribution in [0.3, 0.4) is 0 Å². The molecule has 2 aliphatic heterocycles. The van der Waals surface area contributed by atoms with Crippen LogP contribution in [0.2, 0.25) is 0 Å². The van der Waals surface area contributed by atoms with Crippen LogP contribution in [0.25, 0.3) is 0 Å². The molecule has 0 amide bonds. The molecule has 2 saturated heterocycles. The Kier molecular flexibility index (Phi) is 11.3. The van der Waals surface area contributed by atoms with Gasteiger partial charge in [0.25, 0.3) is 0 Å². The SMILES string of the molecule is CN=C(NCC(c1ccc(OC)cc1)N1CCOCC1)NCC1(OC)CCOCC1.I. The first-order valence-corrected chi connectivity index (χ1v) is 10.7. The van der Waals surface area contributed by atoms with Gasteiger partial charge in [-0.15, -0.1) is 24.0 Å². The molecule has 0 spiro atoms. The average molecular weight is 548 g/mol. The van der Waals surface area contributed by atoms with E-state index >= 15 is 0 Å². The lowest BCUT2D eigenvalue weighted by Gasteiger charge is -2.37. The van der Waals surface area contributed by atoms with Crippen LogP contribution in [0.15, 0.2) is 29.3 Å². The lowest BCUT2D eigenvalue weighted by atomic mass is 9.94. The minimum Gasteiger partial charge on any atom is -0.497 e. The lowest BCUT2D eigenvalue weighted by Crippen LogP contribution is -2.52. The highest BCUT2D eigenvalue weighted by molar-refractivity contribution is 14.0. The molecule has 2 N–H and O–H groups in total. The first-order chi connectivity index (χ1) is 14.7. The van der Waals surface area contributed by atoms with Crippen LogP contribution in [0, 0.1) is 0 Å². The third-order valence-electron chi connectivity index (χ3n) is 6.09. The van der Waals surface area contributed by atoms with E-state index in [1.165, 1.54) is 5.56 Å². The van der Waals surface area contributed by atoms with Crippen molar-refractivity contribution in [3.8, 4) is 5.75 Å². The van der Waals surface area contributed by atoms with Gasteiger partial charge in [0.15, 0.2) is 5.96 Å². The van der Waals surface area contributed by atoms with Gasteiger partial charge in [-0.05, 0) is 17.7 Å². The summed E-state index contributed by atoms with van der Waals surface area (Å²) in [5, 5.41) is 6.97. The summed E-state index contributed by atoms with van der Waals surface area (Å²) in [5.41, 5.74) is 1.05. The molecule has 1 atom stereocenters. The molecule has 3 rings (SSSR count). The van der Waals surface area contributed by atoms with E-state index in [1.54, 1.807) is 21.3 Å². The van der Waals surface area contributed by atoms with Crippen LogP contribution in [-0.4, -0.2) is 90.3 Å². The molecule has 0 saturated carbocycles. The van der Waals surface area contributed by atoms with Gasteiger partial charge in [-0.2, -0.15) is 0 Å².